The summed E-state index contributed by atoms with van der Waals surface area (Å²) >= 11 is 0. The van der Waals surface area contributed by atoms with E-state index in [9.17, 15) is 4.79 Å². The van der Waals surface area contributed by atoms with Crippen LogP contribution in [-0.4, -0.2) is 37.1 Å². The van der Waals surface area contributed by atoms with Crippen LogP contribution >= 0.6 is 0 Å². The fourth-order valence-corrected chi connectivity index (χ4v) is 1.38. The monoisotopic (exact) mass is 171 g/mol. The third kappa shape index (κ3) is 2.46. The molecule has 1 amide bonds. The topological polar surface area (TPSA) is 58.4 Å². The summed E-state index contributed by atoms with van der Waals surface area (Å²) in [7, 11) is 1.83. The summed E-state index contributed by atoms with van der Waals surface area (Å²) < 4.78 is 0. The van der Waals surface area contributed by atoms with E-state index in [1.54, 1.807) is 0 Å². The first-order valence-corrected chi connectivity index (χ1v) is 4.44. The molecular formula is C8H17N3O. The molecule has 1 saturated heterocycles. The average molecular weight is 171 g/mol. The third-order valence-electron chi connectivity index (χ3n) is 2.25. The maximum atomic E-state index is 11.1. The molecule has 1 atom stereocenters. The lowest BCUT2D eigenvalue weighted by molar-refractivity contribution is -0.127. The van der Waals surface area contributed by atoms with E-state index in [-0.39, 0.29) is 12.1 Å². The first-order valence-electron chi connectivity index (χ1n) is 4.44. The molecule has 1 aliphatic heterocycles. The van der Waals surface area contributed by atoms with Crippen LogP contribution in [0.4, 0.5) is 0 Å². The molecule has 0 radical (unpaired) electrons. The molecule has 1 fully saturated rings. The van der Waals surface area contributed by atoms with Crippen LogP contribution in [0.5, 0.6) is 0 Å². The van der Waals surface area contributed by atoms with Crippen molar-refractivity contribution in [1.29, 1.82) is 0 Å². The third-order valence-corrected chi connectivity index (χ3v) is 2.25. The number of nitrogens with zero attached hydrogens (tertiary/aromatic N) is 1. The fraction of sp³-hybridized carbons (Fsp3) is 0.875. The van der Waals surface area contributed by atoms with Crippen molar-refractivity contribution < 1.29 is 4.79 Å². The van der Waals surface area contributed by atoms with Gasteiger partial charge in [0.05, 0.1) is 6.17 Å². The van der Waals surface area contributed by atoms with Gasteiger partial charge in [0.2, 0.25) is 5.91 Å². The molecule has 1 rings (SSSR count). The Labute approximate surface area is 73.1 Å². The van der Waals surface area contributed by atoms with Gasteiger partial charge in [-0.05, 0) is 19.9 Å². The van der Waals surface area contributed by atoms with Crippen LogP contribution in [0.2, 0.25) is 0 Å². The zero-order chi connectivity index (χ0) is 8.97. The van der Waals surface area contributed by atoms with Crippen molar-refractivity contribution in [2.24, 2.45) is 5.73 Å². The van der Waals surface area contributed by atoms with E-state index < -0.39 is 0 Å². The summed E-state index contributed by atoms with van der Waals surface area (Å²) in [5.74, 6) is 0.276. The Balaban J connectivity index is 2.18. The summed E-state index contributed by atoms with van der Waals surface area (Å²) in [5.41, 5.74) is 5.65. The van der Waals surface area contributed by atoms with Crippen LogP contribution in [0.3, 0.4) is 0 Å². The van der Waals surface area contributed by atoms with Crippen LogP contribution in [0, 0.1) is 0 Å². The molecule has 0 spiro atoms. The van der Waals surface area contributed by atoms with Crippen molar-refractivity contribution in [1.82, 2.24) is 10.2 Å². The van der Waals surface area contributed by atoms with E-state index in [4.69, 9.17) is 5.73 Å². The van der Waals surface area contributed by atoms with Gasteiger partial charge in [-0.15, -0.1) is 0 Å². The Morgan fingerprint density at radius 3 is 3.00 bits per heavy atom. The van der Waals surface area contributed by atoms with Gasteiger partial charge in [0.1, 0.15) is 0 Å². The van der Waals surface area contributed by atoms with Gasteiger partial charge in [-0.3, -0.25) is 4.79 Å². The molecular weight excluding hydrogens is 154 g/mol. The zero-order valence-electron chi connectivity index (χ0n) is 7.55. The molecule has 1 unspecified atom stereocenters. The standard InChI is InChI=1S/C8H17N3O/c1-10-7(9)4-6-11-5-2-3-8(11)12/h7,10H,2-6,9H2,1H3. The van der Waals surface area contributed by atoms with Crippen molar-refractivity contribution >= 4 is 5.91 Å². The zero-order valence-corrected chi connectivity index (χ0v) is 7.55. The molecule has 4 heteroatoms. The van der Waals surface area contributed by atoms with Crippen molar-refractivity contribution in [2.45, 2.75) is 25.4 Å². The van der Waals surface area contributed by atoms with E-state index in [0.717, 1.165) is 32.4 Å². The predicted octanol–water partition coefficient (Wildman–Crippen LogP) is -0.497. The first-order chi connectivity index (χ1) is 5.74. The lowest BCUT2D eigenvalue weighted by atomic mass is 10.3. The number of carbonyl (C=O) groups excluding carboxylic acids is 1. The van der Waals surface area contributed by atoms with E-state index in [2.05, 4.69) is 5.32 Å². The van der Waals surface area contributed by atoms with Gasteiger partial charge in [-0.1, -0.05) is 0 Å². The Bertz CT molecular complexity index is 160. The molecule has 0 aliphatic carbocycles. The Morgan fingerprint density at radius 1 is 1.75 bits per heavy atom. The Hall–Kier alpha value is -0.610. The minimum Gasteiger partial charge on any atom is -0.343 e. The van der Waals surface area contributed by atoms with Crippen LogP contribution in [0.15, 0.2) is 0 Å². The second-order valence-electron chi connectivity index (χ2n) is 3.17. The number of rotatable bonds is 4. The molecule has 1 aliphatic rings. The van der Waals surface area contributed by atoms with Crippen molar-refractivity contribution in [3.8, 4) is 0 Å². The number of nitrogens with two attached hydrogens (primary N) is 1. The second kappa shape index (κ2) is 4.42. The number of hydrogen-bond acceptors (Lipinski definition) is 3. The average Bonchev–Trinajstić information content (AvgIpc) is 2.47. The maximum Gasteiger partial charge on any atom is 0.222 e. The van der Waals surface area contributed by atoms with E-state index in [1.807, 2.05) is 11.9 Å². The summed E-state index contributed by atoms with van der Waals surface area (Å²) in [6.45, 7) is 1.70. The summed E-state index contributed by atoms with van der Waals surface area (Å²) in [6, 6.07) is 0. The van der Waals surface area contributed by atoms with Crippen molar-refractivity contribution in [2.75, 3.05) is 20.1 Å². The van der Waals surface area contributed by atoms with Crippen molar-refractivity contribution in [3.63, 3.8) is 0 Å². The number of carbonyl (C=O) groups is 1. The molecule has 1 heterocycles. The molecule has 0 aromatic rings. The van der Waals surface area contributed by atoms with Crippen molar-refractivity contribution in [3.05, 3.63) is 0 Å². The van der Waals surface area contributed by atoms with Crippen LogP contribution in [-0.2, 0) is 4.79 Å². The van der Waals surface area contributed by atoms with Gasteiger partial charge in [-0.2, -0.15) is 0 Å². The molecule has 3 N–H and O–H groups in total. The van der Waals surface area contributed by atoms with E-state index in [1.165, 1.54) is 0 Å². The van der Waals surface area contributed by atoms with Gasteiger partial charge in [0, 0.05) is 19.5 Å². The lowest BCUT2D eigenvalue weighted by Crippen LogP contribution is -2.38. The van der Waals surface area contributed by atoms with Crippen LogP contribution in [0.25, 0.3) is 0 Å². The normalized spacial score (nSPS) is 20.2. The first kappa shape index (κ1) is 9.48. The largest absolute Gasteiger partial charge is 0.343 e. The van der Waals surface area contributed by atoms with E-state index >= 15 is 0 Å². The molecule has 0 bridgehead atoms. The SMILES string of the molecule is CNC(N)CCN1CCCC1=O. The van der Waals surface area contributed by atoms with Crippen LogP contribution in [0.1, 0.15) is 19.3 Å². The Kier molecular flexibility index (Phi) is 3.49. The summed E-state index contributed by atoms with van der Waals surface area (Å²) in [6.07, 6.45) is 2.57. The summed E-state index contributed by atoms with van der Waals surface area (Å²) in [4.78, 5) is 13.0. The number of amides is 1. The highest BCUT2D eigenvalue weighted by atomic mass is 16.2. The summed E-state index contributed by atoms with van der Waals surface area (Å²) in [5, 5.41) is 2.94. The maximum absolute atomic E-state index is 11.1. The minimum atomic E-state index is 0.0124. The molecule has 70 valence electrons. The number of nitrogens with one attached hydrogen (secondary N) is 1. The molecule has 0 aromatic heterocycles. The molecule has 12 heavy (non-hydrogen) atoms. The molecule has 0 aromatic carbocycles. The lowest BCUT2D eigenvalue weighted by Gasteiger charge is -2.17. The predicted molar refractivity (Wildman–Crippen MR) is 47.5 cm³/mol. The van der Waals surface area contributed by atoms with E-state index in [0.29, 0.717) is 0 Å². The second-order valence-corrected chi connectivity index (χ2v) is 3.17. The highest BCUT2D eigenvalue weighted by Crippen LogP contribution is 2.09. The smallest absolute Gasteiger partial charge is 0.222 e. The van der Waals surface area contributed by atoms with Gasteiger partial charge >= 0.3 is 0 Å². The van der Waals surface area contributed by atoms with Gasteiger partial charge in [0.25, 0.3) is 0 Å². The number of hydrogen-bond donors (Lipinski definition) is 2. The minimum absolute atomic E-state index is 0.0124. The highest BCUT2D eigenvalue weighted by Gasteiger charge is 2.19. The molecule has 0 saturated carbocycles. The highest BCUT2D eigenvalue weighted by molar-refractivity contribution is 5.77. The number of likely N-dealkylation sites (tertiary alicyclic amines) is 1. The quantitative estimate of drug-likeness (QED) is 0.561. The molecule has 4 nitrogen and oxygen atoms in total. The van der Waals surface area contributed by atoms with Gasteiger partial charge < -0.3 is 16.0 Å². The Morgan fingerprint density at radius 2 is 2.50 bits per heavy atom. The fourth-order valence-electron chi connectivity index (χ4n) is 1.38. The van der Waals surface area contributed by atoms with Gasteiger partial charge in [-0.25, -0.2) is 0 Å². The van der Waals surface area contributed by atoms with Crippen LogP contribution < -0.4 is 11.1 Å². The van der Waals surface area contributed by atoms with Gasteiger partial charge in [0.15, 0.2) is 0 Å².